The van der Waals surface area contributed by atoms with Gasteiger partial charge >= 0.3 is 12.2 Å². The minimum Gasteiger partial charge on any atom is -0.307 e. The normalized spacial score (nSPS) is 14.2. The van der Waals surface area contributed by atoms with E-state index in [4.69, 9.17) is 11.6 Å². The smallest absolute Gasteiger partial charge is 0.307 e. The van der Waals surface area contributed by atoms with E-state index < -0.39 is 33.7 Å². The zero-order chi connectivity index (χ0) is 25.9. The summed E-state index contributed by atoms with van der Waals surface area (Å²) < 4.78 is 64.3. The van der Waals surface area contributed by atoms with Crippen molar-refractivity contribution in [3.05, 3.63) is 65.4 Å². The molecule has 0 unspecified atom stereocenters. The van der Waals surface area contributed by atoms with Gasteiger partial charge in [0, 0.05) is 11.8 Å². The van der Waals surface area contributed by atoms with E-state index in [1.54, 1.807) is 6.07 Å². The molecule has 0 atom stereocenters. The van der Waals surface area contributed by atoms with E-state index in [1.165, 1.54) is 29.1 Å². The van der Waals surface area contributed by atoms with Gasteiger partial charge in [0.1, 0.15) is 11.7 Å². The van der Waals surface area contributed by atoms with Crippen molar-refractivity contribution in [2.75, 3.05) is 17.2 Å². The van der Waals surface area contributed by atoms with Crippen molar-refractivity contribution >= 4 is 39.3 Å². The number of alkyl halides is 3. The van der Waals surface area contributed by atoms with Crippen LogP contribution in [0.2, 0.25) is 5.15 Å². The van der Waals surface area contributed by atoms with Gasteiger partial charge in [-0.05, 0) is 48.1 Å². The lowest BCUT2D eigenvalue weighted by Crippen LogP contribution is -2.33. The Balaban J connectivity index is 1.68. The van der Waals surface area contributed by atoms with Crippen LogP contribution in [-0.4, -0.2) is 37.1 Å². The van der Waals surface area contributed by atoms with E-state index in [0.717, 1.165) is 30.9 Å². The van der Waals surface area contributed by atoms with E-state index in [-0.39, 0.29) is 16.8 Å². The summed E-state index contributed by atoms with van der Waals surface area (Å²) in [6, 6.07) is 12.0. The lowest BCUT2D eigenvalue weighted by Gasteiger charge is -2.26. The van der Waals surface area contributed by atoms with E-state index >= 15 is 0 Å². The topological polar surface area (TPSA) is 113 Å². The largest absolute Gasteiger partial charge is 0.402 e. The van der Waals surface area contributed by atoms with Gasteiger partial charge in [-0.2, -0.15) is 13.2 Å². The summed E-state index contributed by atoms with van der Waals surface area (Å²) in [4.78, 5) is 20.0. The summed E-state index contributed by atoms with van der Waals surface area (Å²) in [6.07, 6.45) is -0.114. The molecule has 1 aliphatic carbocycles. The fraction of sp³-hybridized carbons (Fsp3) is 0.261. The van der Waals surface area contributed by atoms with Crippen molar-refractivity contribution in [3.63, 3.8) is 0 Å². The van der Waals surface area contributed by atoms with Crippen molar-refractivity contribution in [1.82, 2.24) is 14.7 Å². The Hall–Kier alpha value is -3.22. The first-order valence-electron chi connectivity index (χ1n) is 10.9. The standard InChI is InChI=1S/C23H21ClF3N5O3S/c24-20-9-10-28-21(31-20)32-22(33)30-19-12-17(36(34,35)29-13-23(25,26)27)7-8-18(19)16-6-2-5-15(11-16)14-3-1-4-14/h2,5-12,14,29H,1,3-4,13H2,(H2,28,30,31,32,33). The van der Waals surface area contributed by atoms with Gasteiger partial charge in [-0.1, -0.05) is 48.4 Å². The molecular formula is C23H21ClF3N5O3S. The van der Waals surface area contributed by atoms with Crippen LogP contribution < -0.4 is 15.4 Å². The van der Waals surface area contributed by atoms with E-state index in [2.05, 4.69) is 20.6 Å². The molecule has 1 fully saturated rings. The van der Waals surface area contributed by atoms with Crippen LogP contribution in [0.4, 0.5) is 29.6 Å². The maximum absolute atomic E-state index is 12.7. The number of rotatable bonds is 7. The van der Waals surface area contributed by atoms with E-state index in [9.17, 15) is 26.4 Å². The molecule has 0 saturated heterocycles. The first-order valence-corrected chi connectivity index (χ1v) is 12.7. The third kappa shape index (κ3) is 6.50. The molecule has 0 spiro atoms. The Bertz CT molecular complexity index is 1380. The zero-order valence-electron chi connectivity index (χ0n) is 18.6. The second-order valence-electron chi connectivity index (χ2n) is 8.18. The minimum atomic E-state index is -4.73. The first kappa shape index (κ1) is 25.9. The average Bonchev–Trinajstić information content (AvgIpc) is 2.76. The van der Waals surface area contributed by atoms with Gasteiger partial charge in [0.2, 0.25) is 16.0 Å². The highest BCUT2D eigenvalue weighted by Crippen LogP contribution is 2.39. The number of anilines is 2. The maximum Gasteiger partial charge on any atom is 0.402 e. The van der Waals surface area contributed by atoms with Crippen LogP contribution >= 0.6 is 11.6 Å². The molecule has 1 aliphatic rings. The van der Waals surface area contributed by atoms with Crippen molar-refractivity contribution in [3.8, 4) is 11.1 Å². The molecule has 0 bridgehead atoms. The highest BCUT2D eigenvalue weighted by atomic mass is 35.5. The number of hydrogen-bond donors (Lipinski definition) is 3. The molecule has 2 amide bonds. The Morgan fingerprint density at radius 3 is 2.53 bits per heavy atom. The van der Waals surface area contributed by atoms with Crippen molar-refractivity contribution in [2.45, 2.75) is 36.3 Å². The van der Waals surface area contributed by atoms with Gasteiger partial charge in [-0.15, -0.1) is 0 Å². The Morgan fingerprint density at radius 2 is 1.86 bits per heavy atom. The van der Waals surface area contributed by atoms with Crippen LogP contribution in [0, 0.1) is 0 Å². The van der Waals surface area contributed by atoms with Crippen LogP contribution in [-0.2, 0) is 10.0 Å². The molecular weight excluding hydrogens is 519 g/mol. The Labute approximate surface area is 210 Å². The summed E-state index contributed by atoms with van der Waals surface area (Å²) in [5, 5.41) is 5.04. The van der Waals surface area contributed by atoms with Crippen molar-refractivity contribution < 1.29 is 26.4 Å². The number of aromatic nitrogens is 2. The van der Waals surface area contributed by atoms with E-state index in [1.807, 2.05) is 18.2 Å². The highest BCUT2D eigenvalue weighted by molar-refractivity contribution is 7.89. The molecule has 0 radical (unpaired) electrons. The second-order valence-corrected chi connectivity index (χ2v) is 10.3. The monoisotopic (exact) mass is 539 g/mol. The minimum absolute atomic E-state index is 0.0650. The number of sulfonamides is 1. The summed E-state index contributed by atoms with van der Waals surface area (Å²) in [5.74, 6) is 0.333. The third-order valence-electron chi connectivity index (χ3n) is 5.63. The molecule has 4 rings (SSSR count). The van der Waals surface area contributed by atoms with Gasteiger partial charge in [-0.25, -0.2) is 27.9 Å². The molecule has 1 heterocycles. The number of carbonyl (C=O) groups is 1. The summed E-state index contributed by atoms with van der Waals surface area (Å²) in [5.41, 5.74) is 2.37. The quantitative estimate of drug-likeness (QED) is 0.341. The molecule has 13 heteroatoms. The average molecular weight is 540 g/mol. The number of amides is 2. The van der Waals surface area contributed by atoms with Gasteiger partial charge in [0.25, 0.3) is 0 Å². The van der Waals surface area contributed by atoms with Gasteiger partial charge in [-0.3, -0.25) is 5.32 Å². The third-order valence-corrected chi connectivity index (χ3v) is 7.24. The van der Waals surface area contributed by atoms with Crippen LogP contribution in [0.3, 0.4) is 0 Å². The van der Waals surface area contributed by atoms with Crippen molar-refractivity contribution in [2.24, 2.45) is 0 Å². The van der Waals surface area contributed by atoms with Crippen molar-refractivity contribution in [1.29, 1.82) is 0 Å². The number of nitrogens with zero attached hydrogens (tertiary/aromatic N) is 2. The molecule has 1 aromatic heterocycles. The second kappa shape index (κ2) is 10.4. The molecule has 0 aliphatic heterocycles. The molecule has 2 aromatic carbocycles. The highest BCUT2D eigenvalue weighted by Gasteiger charge is 2.30. The Kier molecular flexibility index (Phi) is 7.48. The molecule has 3 N–H and O–H groups in total. The fourth-order valence-electron chi connectivity index (χ4n) is 3.66. The number of urea groups is 1. The molecule has 36 heavy (non-hydrogen) atoms. The number of nitrogens with one attached hydrogen (secondary N) is 3. The van der Waals surface area contributed by atoms with Gasteiger partial charge in [0.15, 0.2) is 0 Å². The van der Waals surface area contributed by atoms with E-state index in [0.29, 0.717) is 17.0 Å². The molecule has 3 aromatic rings. The molecule has 190 valence electrons. The summed E-state index contributed by atoms with van der Waals surface area (Å²) in [7, 11) is -4.52. The van der Waals surface area contributed by atoms with Gasteiger partial charge < -0.3 is 5.32 Å². The zero-order valence-corrected chi connectivity index (χ0v) is 20.2. The first-order chi connectivity index (χ1) is 17.0. The van der Waals surface area contributed by atoms with Crippen LogP contribution in [0.1, 0.15) is 30.7 Å². The predicted molar refractivity (Wildman–Crippen MR) is 129 cm³/mol. The fourth-order valence-corrected chi connectivity index (χ4v) is 4.84. The molecule has 1 saturated carbocycles. The SMILES string of the molecule is O=C(Nc1nccc(Cl)n1)Nc1cc(S(=O)(=O)NCC(F)(F)F)ccc1-c1cccc(C2CCC2)c1. The Morgan fingerprint density at radius 1 is 1.08 bits per heavy atom. The van der Waals surface area contributed by atoms with Crippen LogP contribution in [0.5, 0.6) is 0 Å². The lowest BCUT2D eigenvalue weighted by atomic mass is 9.79. The predicted octanol–water partition coefficient (Wildman–Crippen LogP) is 5.55. The number of halogens is 4. The molecule has 8 nitrogen and oxygen atoms in total. The van der Waals surface area contributed by atoms with Gasteiger partial charge in [0.05, 0.1) is 10.6 Å². The van der Waals surface area contributed by atoms with Crippen LogP contribution in [0.15, 0.2) is 59.6 Å². The van der Waals surface area contributed by atoms with Crippen LogP contribution in [0.25, 0.3) is 11.1 Å². The maximum atomic E-state index is 12.7. The number of hydrogen-bond acceptors (Lipinski definition) is 5. The number of carbonyl (C=O) groups excluding carboxylic acids is 1. The lowest BCUT2D eigenvalue weighted by molar-refractivity contribution is -0.121. The number of benzene rings is 2. The summed E-state index contributed by atoms with van der Waals surface area (Å²) >= 11 is 5.81. The summed E-state index contributed by atoms with van der Waals surface area (Å²) in [6.45, 7) is -1.73.